The van der Waals surface area contributed by atoms with E-state index in [1.54, 1.807) is 19.1 Å². The van der Waals surface area contributed by atoms with E-state index in [0.29, 0.717) is 27.6 Å². The third-order valence-electron chi connectivity index (χ3n) is 2.82. The molecule has 2 rings (SSSR count). The minimum absolute atomic E-state index is 0.177. The summed E-state index contributed by atoms with van der Waals surface area (Å²) in [6.45, 7) is 2.07. The summed E-state index contributed by atoms with van der Waals surface area (Å²) in [5.74, 6) is -1.30. The molecule has 1 heterocycles. The van der Waals surface area contributed by atoms with Gasteiger partial charge in [0.2, 0.25) is 5.78 Å². The number of Topliss-reactive ketones (excluding diaryl/α,β-unsaturated/α-hetero) is 1. The molecular formula is C13H12BrN3O4. The van der Waals surface area contributed by atoms with Crippen LogP contribution in [0.2, 0.25) is 0 Å². The van der Waals surface area contributed by atoms with E-state index in [1.165, 1.54) is 0 Å². The number of aromatic amines is 2. The zero-order valence-corrected chi connectivity index (χ0v) is 12.7. The van der Waals surface area contributed by atoms with E-state index in [0.717, 1.165) is 0 Å². The van der Waals surface area contributed by atoms with Gasteiger partial charge in [0.1, 0.15) is 0 Å². The van der Waals surface area contributed by atoms with Gasteiger partial charge in [0, 0.05) is 17.4 Å². The molecular weight excluding hydrogens is 342 g/mol. The molecule has 7 nitrogen and oxygen atoms in total. The number of fused-ring (bicyclic) bond motifs is 1. The molecule has 0 saturated carbocycles. The number of benzene rings is 1. The van der Waals surface area contributed by atoms with E-state index in [-0.39, 0.29) is 6.42 Å². The van der Waals surface area contributed by atoms with E-state index in [2.05, 4.69) is 31.2 Å². The van der Waals surface area contributed by atoms with Crippen LogP contribution >= 0.6 is 15.9 Å². The number of carbonyl (C=O) groups is 2. The number of halogens is 1. The van der Waals surface area contributed by atoms with Gasteiger partial charge in [-0.05, 0) is 24.6 Å². The zero-order valence-electron chi connectivity index (χ0n) is 11.1. The molecule has 0 spiro atoms. The Hall–Kier alpha value is -2.22. The van der Waals surface area contributed by atoms with E-state index in [1.807, 2.05) is 0 Å². The molecule has 0 bridgehead atoms. The summed E-state index contributed by atoms with van der Waals surface area (Å²) in [5.41, 5.74) is -0.421. The molecule has 2 aromatic rings. The fraction of sp³-hybridized carbons (Fsp3) is 0.231. The second-order valence-corrected chi connectivity index (χ2v) is 5.27. The first-order chi connectivity index (χ1) is 9.92. The SMILES string of the molecule is CCNC(=O)C(=O)Cc1cc(Br)cc2[nH]c(=O)c(=O)[nH]c12. The maximum absolute atomic E-state index is 11.8. The molecule has 0 aliphatic carbocycles. The summed E-state index contributed by atoms with van der Waals surface area (Å²) in [6.07, 6.45) is -0.177. The average Bonchev–Trinajstić information content (AvgIpc) is 2.41. The summed E-state index contributed by atoms with van der Waals surface area (Å²) in [4.78, 5) is 50.9. The van der Waals surface area contributed by atoms with Crippen LogP contribution in [0.15, 0.2) is 26.2 Å². The Morgan fingerprint density at radius 2 is 1.86 bits per heavy atom. The molecule has 3 N–H and O–H groups in total. The van der Waals surface area contributed by atoms with Gasteiger partial charge in [0.15, 0.2) is 0 Å². The number of amides is 1. The fourth-order valence-corrected chi connectivity index (χ4v) is 2.42. The van der Waals surface area contributed by atoms with Crippen molar-refractivity contribution in [1.29, 1.82) is 0 Å². The van der Waals surface area contributed by atoms with Crippen LogP contribution in [0.25, 0.3) is 11.0 Å². The van der Waals surface area contributed by atoms with Crippen molar-refractivity contribution in [2.45, 2.75) is 13.3 Å². The molecule has 0 aliphatic rings. The molecule has 0 atom stereocenters. The summed E-state index contributed by atoms with van der Waals surface area (Å²) in [6, 6.07) is 3.22. The van der Waals surface area contributed by atoms with Gasteiger partial charge in [0.25, 0.3) is 5.91 Å². The van der Waals surface area contributed by atoms with Crippen LogP contribution in [0, 0.1) is 0 Å². The first-order valence-corrected chi connectivity index (χ1v) is 6.97. The fourth-order valence-electron chi connectivity index (χ4n) is 1.91. The Labute approximate surface area is 126 Å². The largest absolute Gasteiger partial charge is 0.350 e. The predicted molar refractivity (Wildman–Crippen MR) is 80.3 cm³/mol. The highest BCUT2D eigenvalue weighted by atomic mass is 79.9. The molecule has 1 aromatic heterocycles. The zero-order chi connectivity index (χ0) is 15.6. The lowest BCUT2D eigenvalue weighted by Gasteiger charge is -2.07. The van der Waals surface area contributed by atoms with Gasteiger partial charge in [-0.1, -0.05) is 15.9 Å². The number of likely N-dealkylation sites (N-methyl/N-ethyl adjacent to an activating group) is 1. The molecule has 0 saturated heterocycles. The summed E-state index contributed by atoms with van der Waals surface area (Å²) in [7, 11) is 0. The minimum Gasteiger partial charge on any atom is -0.350 e. The van der Waals surface area contributed by atoms with Gasteiger partial charge >= 0.3 is 11.1 Å². The van der Waals surface area contributed by atoms with Crippen molar-refractivity contribution < 1.29 is 9.59 Å². The number of carbonyl (C=O) groups excluding carboxylic acids is 2. The van der Waals surface area contributed by atoms with Gasteiger partial charge in [-0.15, -0.1) is 0 Å². The Balaban J connectivity index is 2.51. The lowest BCUT2D eigenvalue weighted by molar-refractivity contribution is -0.137. The lowest BCUT2D eigenvalue weighted by Crippen LogP contribution is -2.32. The molecule has 0 unspecified atom stereocenters. The smallest absolute Gasteiger partial charge is 0.314 e. The van der Waals surface area contributed by atoms with Gasteiger partial charge in [-0.3, -0.25) is 19.2 Å². The van der Waals surface area contributed by atoms with Crippen molar-refractivity contribution in [3.05, 3.63) is 42.9 Å². The molecule has 110 valence electrons. The van der Waals surface area contributed by atoms with Crippen LogP contribution in [-0.2, 0) is 16.0 Å². The highest BCUT2D eigenvalue weighted by Gasteiger charge is 2.16. The van der Waals surface area contributed by atoms with Gasteiger partial charge < -0.3 is 15.3 Å². The Morgan fingerprint density at radius 3 is 2.52 bits per heavy atom. The topological polar surface area (TPSA) is 112 Å². The predicted octanol–water partition coefficient (Wildman–Crippen LogP) is 0.227. The number of nitrogens with one attached hydrogen (secondary N) is 3. The maximum atomic E-state index is 11.8. The van der Waals surface area contributed by atoms with Crippen molar-refractivity contribution in [2.75, 3.05) is 6.54 Å². The number of aromatic nitrogens is 2. The Kier molecular flexibility index (Phi) is 4.37. The third-order valence-corrected chi connectivity index (χ3v) is 3.28. The van der Waals surface area contributed by atoms with Crippen LogP contribution < -0.4 is 16.4 Å². The molecule has 21 heavy (non-hydrogen) atoms. The van der Waals surface area contributed by atoms with E-state index >= 15 is 0 Å². The van der Waals surface area contributed by atoms with Gasteiger partial charge in [-0.2, -0.15) is 0 Å². The van der Waals surface area contributed by atoms with E-state index in [4.69, 9.17) is 0 Å². The normalized spacial score (nSPS) is 10.6. The summed E-state index contributed by atoms with van der Waals surface area (Å²) in [5, 5.41) is 2.42. The summed E-state index contributed by atoms with van der Waals surface area (Å²) >= 11 is 3.26. The molecule has 8 heteroatoms. The van der Waals surface area contributed by atoms with Crippen LogP contribution in [-0.4, -0.2) is 28.2 Å². The van der Waals surface area contributed by atoms with Crippen molar-refractivity contribution in [1.82, 2.24) is 15.3 Å². The lowest BCUT2D eigenvalue weighted by atomic mass is 10.1. The van der Waals surface area contributed by atoms with Crippen LogP contribution in [0.1, 0.15) is 12.5 Å². The molecule has 0 radical (unpaired) electrons. The van der Waals surface area contributed by atoms with Crippen molar-refractivity contribution in [2.24, 2.45) is 0 Å². The second-order valence-electron chi connectivity index (χ2n) is 4.36. The molecule has 1 aromatic carbocycles. The monoisotopic (exact) mass is 353 g/mol. The van der Waals surface area contributed by atoms with Crippen LogP contribution in [0.5, 0.6) is 0 Å². The molecule has 1 amide bonds. The van der Waals surface area contributed by atoms with E-state index in [9.17, 15) is 19.2 Å². The van der Waals surface area contributed by atoms with Crippen molar-refractivity contribution >= 4 is 38.7 Å². The number of hydrogen-bond acceptors (Lipinski definition) is 4. The highest BCUT2D eigenvalue weighted by Crippen LogP contribution is 2.20. The Morgan fingerprint density at radius 1 is 1.19 bits per heavy atom. The minimum atomic E-state index is -0.809. The van der Waals surface area contributed by atoms with Crippen molar-refractivity contribution in [3.8, 4) is 0 Å². The van der Waals surface area contributed by atoms with Crippen LogP contribution in [0.4, 0.5) is 0 Å². The maximum Gasteiger partial charge on any atom is 0.314 e. The van der Waals surface area contributed by atoms with Crippen molar-refractivity contribution in [3.63, 3.8) is 0 Å². The summed E-state index contributed by atoms with van der Waals surface area (Å²) < 4.78 is 0.622. The second kappa shape index (κ2) is 6.04. The van der Waals surface area contributed by atoms with Gasteiger partial charge in [0.05, 0.1) is 11.0 Å². The quantitative estimate of drug-likeness (QED) is 0.682. The van der Waals surface area contributed by atoms with Crippen LogP contribution in [0.3, 0.4) is 0 Å². The number of ketones is 1. The molecule has 0 fully saturated rings. The standard InChI is InChI=1S/C13H12BrN3O4/c1-2-15-11(19)9(18)4-6-3-7(14)5-8-10(6)17-13(21)12(20)16-8/h3,5H,2,4H2,1H3,(H,15,19)(H,16,20)(H,17,21). The first kappa shape index (κ1) is 15.2. The third kappa shape index (κ3) is 3.27. The first-order valence-electron chi connectivity index (χ1n) is 6.18. The van der Waals surface area contributed by atoms with Gasteiger partial charge in [-0.25, -0.2) is 0 Å². The average molecular weight is 354 g/mol. The highest BCUT2D eigenvalue weighted by molar-refractivity contribution is 9.10. The number of H-pyrrole nitrogens is 2. The Bertz CT molecular complexity index is 837. The number of rotatable bonds is 4. The number of hydrogen-bond donors (Lipinski definition) is 3. The molecule has 0 aliphatic heterocycles. The van der Waals surface area contributed by atoms with E-state index < -0.39 is 22.8 Å².